The topological polar surface area (TPSA) is 76.5 Å². The molecule has 0 aliphatic heterocycles. The zero-order valence-corrected chi connectivity index (χ0v) is 6.65. The first-order valence-corrected chi connectivity index (χ1v) is 4.35. The molecule has 0 bridgehead atoms. The van der Waals surface area contributed by atoms with Gasteiger partial charge in [-0.1, -0.05) is 4.40 Å². The molecule has 6 heteroatoms. The van der Waals surface area contributed by atoms with E-state index < -0.39 is 10.0 Å². The van der Waals surface area contributed by atoms with Gasteiger partial charge in [0.1, 0.15) is 4.90 Å². The Balaban J connectivity index is 3.25. The van der Waals surface area contributed by atoms with Crippen LogP contribution in [0.3, 0.4) is 0 Å². The van der Waals surface area contributed by atoms with Crippen molar-refractivity contribution < 1.29 is 13.2 Å². The van der Waals surface area contributed by atoms with Gasteiger partial charge < -0.3 is 0 Å². The number of rotatable bonds is 2. The van der Waals surface area contributed by atoms with Crippen LogP contribution in [0.2, 0.25) is 0 Å². The summed E-state index contributed by atoms with van der Waals surface area (Å²) in [5.74, 6) is 0. The second-order valence-electron chi connectivity index (χ2n) is 1.85. The number of hydrogen-bond donors (Lipinski definition) is 0. The van der Waals surface area contributed by atoms with Gasteiger partial charge in [-0.3, -0.25) is 4.98 Å². The van der Waals surface area contributed by atoms with E-state index in [1.54, 1.807) is 0 Å². The molecule has 0 radical (unpaired) electrons. The van der Waals surface area contributed by atoms with E-state index >= 15 is 0 Å². The lowest BCUT2D eigenvalue weighted by molar-refractivity contribution is 0.563. The van der Waals surface area contributed by atoms with Crippen molar-refractivity contribution in [3.8, 4) is 0 Å². The summed E-state index contributed by atoms with van der Waals surface area (Å²) in [6, 6.07) is 2.73. The molecular weight excluding hydrogens is 180 g/mol. The van der Waals surface area contributed by atoms with E-state index in [9.17, 15) is 13.2 Å². The van der Waals surface area contributed by atoms with Gasteiger partial charge in [0.05, 0.1) is 0 Å². The van der Waals surface area contributed by atoms with Crippen LogP contribution in [-0.4, -0.2) is 19.5 Å². The van der Waals surface area contributed by atoms with Gasteiger partial charge in [-0.15, -0.1) is 0 Å². The van der Waals surface area contributed by atoms with E-state index in [-0.39, 0.29) is 4.90 Å². The van der Waals surface area contributed by atoms with Crippen LogP contribution in [0.15, 0.2) is 33.8 Å². The molecule has 0 saturated carbocycles. The fourth-order valence-electron chi connectivity index (χ4n) is 0.601. The fourth-order valence-corrected chi connectivity index (χ4v) is 1.25. The number of hydrogen-bond acceptors (Lipinski definition) is 4. The van der Waals surface area contributed by atoms with E-state index in [4.69, 9.17) is 0 Å². The van der Waals surface area contributed by atoms with Crippen molar-refractivity contribution in [1.29, 1.82) is 0 Å². The van der Waals surface area contributed by atoms with Gasteiger partial charge in [-0.2, -0.15) is 8.42 Å². The first-order valence-electron chi connectivity index (χ1n) is 2.91. The number of nitrogens with zero attached hydrogens (tertiary/aromatic N) is 2. The highest BCUT2D eigenvalue weighted by molar-refractivity contribution is 7.90. The summed E-state index contributed by atoms with van der Waals surface area (Å²) in [5, 5.41) is 0. The standard InChI is InChI=1S/C6H4N2O3S/c9-5-8-12(10,11)6-2-1-3-7-4-6/h1-4H. The molecule has 0 aliphatic rings. The van der Waals surface area contributed by atoms with Crippen LogP contribution >= 0.6 is 0 Å². The third-order valence-corrected chi connectivity index (χ3v) is 2.24. The molecule has 0 unspecified atom stereocenters. The Bertz CT molecular complexity index is 406. The van der Waals surface area contributed by atoms with E-state index in [1.807, 2.05) is 0 Å². The summed E-state index contributed by atoms with van der Waals surface area (Å²) in [5.41, 5.74) is 0. The molecular formula is C6H4N2O3S. The van der Waals surface area contributed by atoms with Crippen LogP contribution in [0, 0.1) is 0 Å². The Kier molecular flexibility index (Phi) is 2.32. The molecule has 0 saturated heterocycles. The van der Waals surface area contributed by atoms with Crippen molar-refractivity contribution in [2.45, 2.75) is 4.90 Å². The Morgan fingerprint density at radius 2 is 2.25 bits per heavy atom. The molecule has 62 valence electrons. The highest BCUT2D eigenvalue weighted by atomic mass is 32.2. The highest BCUT2D eigenvalue weighted by Gasteiger charge is 2.10. The van der Waals surface area contributed by atoms with Crippen molar-refractivity contribution >= 4 is 16.1 Å². The third kappa shape index (κ3) is 1.75. The maximum Gasteiger partial charge on any atom is 0.294 e. The van der Waals surface area contributed by atoms with Crippen LogP contribution in [0.4, 0.5) is 0 Å². The molecule has 1 rings (SSSR count). The molecule has 0 aliphatic carbocycles. The molecule has 1 aromatic rings. The lowest BCUT2D eigenvalue weighted by Gasteiger charge is -1.92. The average molecular weight is 184 g/mol. The van der Waals surface area contributed by atoms with Gasteiger partial charge in [0, 0.05) is 12.4 Å². The van der Waals surface area contributed by atoms with Gasteiger partial charge in [0.25, 0.3) is 16.1 Å². The van der Waals surface area contributed by atoms with E-state index in [2.05, 4.69) is 9.38 Å². The zero-order valence-electron chi connectivity index (χ0n) is 5.84. The van der Waals surface area contributed by atoms with Crippen molar-refractivity contribution in [3.63, 3.8) is 0 Å². The quantitative estimate of drug-likeness (QED) is 0.482. The number of pyridine rings is 1. The molecule has 0 atom stereocenters. The smallest absolute Gasteiger partial charge is 0.263 e. The first kappa shape index (κ1) is 8.58. The molecule has 5 nitrogen and oxygen atoms in total. The molecule has 0 fully saturated rings. The average Bonchev–Trinajstić information content (AvgIpc) is 2.06. The van der Waals surface area contributed by atoms with Crippen molar-refractivity contribution in [1.82, 2.24) is 4.98 Å². The minimum absolute atomic E-state index is 0.117. The molecule has 12 heavy (non-hydrogen) atoms. The summed E-state index contributed by atoms with van der Waals surface area (Å²) in [6.07, 6.45) is 3.49. The number of carbonyl (C=O) groups excluding carboxylic acids is 1. The van der Waals surface area contributed by atoms with Crippen molar-refractivity contribution in [3.05, 3.63) is 24.5 Å². The number of isocyanates is 1. The van der Waals surface area contributed by atoms with E-state index in [0.717, 1.165) is 12.3 Å². The molecule has 0 N–H and O–H groups in total. The SMILES string of the molecule is O=C=NS(=O)(=O)c1cccnc1. The monoisotopic (exact) mass is 184 g/mol. The van der Waals surface area contributed by atoms with Crippen LogP contribution in [-0.2, 0) is 14.8 Å². The second-order valence-corrected chi connectivity index (χ2v) is 3.45. The van der Waals surface area contributed by atoms with Crippen LogP contribution in [0.5, 0.6) is 0 Å². The Morgan fingerprint density at radius 1 is 1.50 bits per heavy atom. The van der Waals surface area contributed by atoms with Crippen molar-refractivity contribution in [2.75, 3.05) is 0 Å². The Morgan fingerprint density at radius 3 is 2.75 bits per heavy atom. The minimum atomic E-state index is -3.87. The number of aromatic nitrogens is 1. The van der Waals surface area contributed by atoms with E-state index in [0.29, 0.717) is 0 Å². The molecule has 1 aromatic heterocycles. The number of sulfonamides is 1. The first-order chi connectivity index (χ1) is 5.67. The summed E-state index contributed by atoms with van der Waals surface area (Å²) in [4.78, 5) is 13.1. The summed E-state index contributed by atoms with van der Waals surface area (Å²) in [7, 11) is -3.87. The largest absolute Gasteiger partial charge is 0.294 e. The third-order valence-electron chi connectivity index (χ3n) is 1.09. The van der Waals surface area contributed by atoms with Gasteiger partial charge in [0.15, 0.2) is 0 Å². The maximum atomic E-state index is 11.0. The van der Waals surface area contributed by atoms with Gasteiger partial charge in [-0.25, -0.2) is 4.79 Å². The predicted molar refractivity (Wildman–Crippen MR) is 39.5 cm³/mol. The normalized spacial score (nSPS) is 10.3. The maximum absolute atomic E-state index is 11.0. The second kappa shape index (κ2) is 3.25. The highest BCUT2D eigenvalue weighted by Crippen LogP contribution is 2.07. The molecule has 0 spiro atoms. The molecule has 1 heterocycles. The molecule has 0 amide bonds. The summed E-state index contributed by atoms with van der Waals surface area (Å²) < 4.78 is 24.6. The van der Waals surface area contributed by atoms with Crippen molar-refractivity contribution in [2.24, 2.45) is 4.40 Å². The van der Waals surface area contributed by atoms with Gasteiger partial charge in [-0.05, 0) is 12.1 Å². The minimum Gasteiger partial charge on any atom is -0.263 e. The Hall–Kier alpha value is -1.52. The summed E-state index contributed by atoms with van der Waals surface area (Å²) >= 11 is 0. The lowest BCUT2D eigenvalue weighted by atomic mass is 10.5. The molecule has 0 aromatic carbocycles. The fraction of sp³-hybridized carbons (Fsp3) is 0. The van der Waals surface area contributed by atoms with Crippen LogP contribution in [0.25, 0.3) is 0 Å². The van der Waals surface area contributed by atoms with Gasteiger partial charge in [0.2, 0.25) is 0 Å². The predicted octanol–water partition coefficient (Wildman–Crippen LogP) is 0.106. The summed E-state index contributed by atoms with van der Waals surface area (Å²) in [6.45, 7) is 0. The zero-order chi connectivity index (χ0) is 9.03. The lowest BCUT2D eigenvalue weighted by Crippen LogP contribution is -1.95. The van der Waals surface area contributed by atoms with Crippen LogP contribution < -0.4 is 0 Å². The van der Waals surface area contributed by atoms with Gasteiger partial charge >= 0.3 is 0 Å². The Labute approximate surface area is 68.8 Å². The van der Waals surface area contributed by atoms with Crippen LogP contribution in [0.1, 0.15) is 0 Å². The van der Waals surface area contributed by atoms with E-state index in [1.165, 1.54) is 18.3 Å².